The van der Waals surface area contributed by atoms with Gasteiger partial charge in [-0.1, -0.05) is 17.3 Å². The summed E-state index contributed by atoms with van der Waals surface area (Å²) in [5, 5.41) is 3.72. The van der Waals surface area contributed by atoms with Crippen LogP contribution in [0.5, 0.6) is 0 Å². The van der Waals surface area contributed by atoms with Crippen molar-refractivity contribution in [2.45, 2.75) is 25.2 Å². The topological polar surface area (TPSA) is 76.3 Å². The Balaban J connectivity index is 1.73. The first-order valence-corrected chi connectivity index (χ1v) is 9.37. The Morgan fingerprint density at radius 2 is 2.12 bits per heavy atom. The molecule has 1 aliphatic heterocycles. The smallest absolute Gasteiger partial charge is 0.338 e. The summed E-state index contributed by atoms with van der Waals surface area (Å²) in [5.41, 5.74) is -0.583. The molecule has 0 bridgehead atoms. The SMILES string of the molecule is CN(Cc1nc(-c2cccc(C(F)(F)F)c2)no1)[C@@H]1CCS(=O)(=O)C1. The van der Waals surface area contributed by atoms with Crippen LogP contribution in [-0.4, -0.2) is 48.1 Å². The lowest BCUT2D eigenvalue weighted by molar-refractivity contribution is -0.137. The Labute approximate surface area is 142 Å². The number of sulfone groups is 1. The number of aromatic nitrogens is 2. The summed E-state index contributed by atoms with van der Waals surface area (Å²) in [6.07, 6.45) is -3.91. The summed E-state index contributed by atoms with van der Waals surface area (Å²) < 4.78 is 66.5. The van der Waals surface area contributed by atoms with Gasteiger partial charge in [0, 0.05) is 11.6 Å². The molecule has 1 aliphatic rings. The monoisotopic (exact) mass is 375 g/mol. The summed E-state index contributed by atoms with van der Waals surface area (Å²) in [6.45, 7) is 0.228. The third-order valence-electron chi connectivity index (χ3n) is 4.13. The molecule has 25 heavy (non-hydrogen) atoms. The van der Waals surface area contributed by atoms with E-state index in [-0.39, 0.29) is 41.4 Å². The van der Waals surface area contributed by atoms with Gasteiger partial charge in [0.2, 0.25) is 11.7 Å². The van der Waals surface area contributed by atoms with Gasteiger partial charge in [-0.05, 0) is 25.6 Å². The van der Waals surface area contributed by atoms with Gasteiger partial charge in [-0.25, -0.2) is 8.42 Å². The lowest BCUT2D eigenvalue weighted by Crippen LogP contribution is -2.32. The van der Waals surface area contributed by atoms with Gasteiger partial charge in [-0.15, -0.1) is 0 Å². The van der Waals surface area contributed by atoms with Crippen molar-refractivity contribution in [1.29, 1.82) is 0 Å². The van der Waals surface area contributed by atoms with Crippen LogP contribution in [0.15, 0.2) is 28.8 Å². The van der Waals surface area contributed by atoms with Crippen LogP contribution in [0.3, 0.4) is 0 Å². The highest BCUT2D eigenvalue weighted by Crippen LogP contribution is 2.31. The molecule has 1 atom stereocenters. The number of alkyl halides is 3. The molecule has 0 radical (unpaired) electrons. The molecule has 0 aliphatic carbocycles. The lowest BCUT2D eigenvalue weighted by atomic mass is 10.1. The van der Waals surface area contributed by atoms with E-state index in [0.29, 0.717) is 6.42 Å². The number of nitrogens with zero attached hydrogens (tertiary/aromatic N) is 3. The van der Waals surface area contributed by atoms with Crippen molar-refractivity contribution in [2.24, 2.45) is 0 Å². The molecule has 0 saturated carbocycles. The molecule has 0 unspecified atom stereocenters. The highest BCUT2D eigenvalue weighted by atomic mass is 32.2. The third-order valence-corrected chi connectivity index (χ3v) is 5.88. The van der Waals surface area contributed by atoms with Crippen LogP contribution in [0.25, 0.3) is 11.4 Å². The van der Waals surface area contributed by atoms with Gasteiger partial charge in [-0.2, -0.15) is 18.2 Å². The van der Waals surface area contributed by atoms with E-state index in [1.807, 2.05) is 0 Å². The van der Waals surface area contributed by atoms with Crippen molar-refractivity contribution >= 4 is 9.84 Å². The summed E-state index contributed by atoms with van der Waals surface area (Å²) >= 11 is 0. The van der Waals surface area contributed by atoms with Gasteiger partial charge in [0.1, 0.15) is 0 Å². The Kier molecular flexibility index (Phi) is 4.58. The molecular weight excluding hydrogens is 359 g/mol. The molecule has 2 heterocycles. The molecule has 1 fully saturated rings. The van der Waals surface area contributed by atoms with Crippen molar-refractivity contribution < 1.29 is 26.1 Å². The molecule has 1 saturated heterocycles. The van der Waals surface area contributed by atoms with Crippen LogP contribution in [-0.2, 0) is 22.6 Å². The van der Waals surface area contributed by atoms with Gasteiger partial charge < -0.3 is 4.52 Å². The molecule has 0 N–H and O–H groups in total. The molecule has 6 nitrogen and oxygen atoms in total. The fourth-order valence-corrected chi connectivity index (χ4v) is 4.54. The van der Waals surface area contributed by atoms with Crippen molar-refractivity contribution in [1.82, 2.24) is 15.0 Å². The first kappa shape index (κ1) is 17.9. The maximum absolute atomic E-state index is 12.8. The first-order chi connectivity index (χ1) is 11.6. The summed E-state index contributed by atoms with van der Waals surface area (Å²) in [4.78, 5) is 5.91. The summed E-state index contributed by atoms with van der Waals surface area (Å²) in [7, 11) is -1.25. The molecule has 0 spiro atoms. The molecule has 1 aromatic carbocycles. The predicted molar refractivity (Wildman–Crippen MR) is 83.3 cm³/mol. The van der Waals surface area contributed by atoms with Gasteiger partial charge in [0.05, 0.1) is 23.6 Å². The Hall–Kier alpha value is -1.94. The minimum absolute atomic E-state index is 0.0635. The maximum atomic E-state index is 12.8. The Morgan fingerprint density at radius 3 is 2.76 bits per heavy atom. The second kappa shape index (κ2) is 6.41. The molecule has 136 valence electrons. The quantitative estimate of drug-likeness (QED) is 0.817. The van der Waals surface area contributed by atoms with Crippen LogP contribution >= 0.6 is 0 Å². The first-order valence-electron chi connectivity index (χ1n) is 7.55. The maximum Gasteiger partial charge on any atom is 0.416 e. The molecule has 10 heteroatoms. The Bertz CT molecular complexity index is 864. The van der Waals surface area contributed by atoms with Crippen molar-refractivity contribution in [3.05, 3.63) is 35.7 Å². The number of halogens is 3. The number of rotatable bonds is 4. The van der Waals surface area contributed by atoms with E-state index >= 15 is 0 Å². The average Bonchev–Trinajstić information content (AvgIpc) is 3.13. The van der Waals surface area contributed by atoms with E-state index in [2.05, 4.69) is 10.1 Å². The molecular formula is C15H16F3N3O3S. The summed E-state index contributed by atoms with van der Waals surface area (Å²) in [5.74, 6) is 0.521. The highest BCUT2D eigenvalue weighted by molar-refractivity contribution is 7.91. The molecule has 3 rings (SSSR count). The second-order valence-corrected chi connectivity index (χ2v) is 8.29. The average molecular weight is 375 g/mol. The molecule has 2 aromatic rings. The number of hydrogen-bond donors (Lipinski definition) is 0. The van der Waals surface area contributed by atoms with E-state index in [9.17, 15) is 21.6 Å². The van der Waals surface area contributed by atoms with Crippen LogP contribution < -0.4 is 0 Å². The predicted octanol–water partition coefficient (Wildman–Crippen LogP) is 2.37. The summed E-state index contributed by atoms with van der Waals surface area (Å²) in [6, 6.07) is 4.55. The zero-order chi connectivity index (χ0) is 18.2. The fourth-order valence-electron chi connectivity index (χ4n) is 2.74. The van der Waals surface area contributed by atoms with Gasteiger partial charge in [0.15, 0.2) is 9.84 Å². The van der Waals surface area contributed by atoms with E-state index < -0.39 is 21.6 Å². The van der Waals surface area contributed by atoms with Gasteiger partial charge in [0.25, 0.3) is 0 Å². The fraction of sp³-hybridized carbons (Fsp3) is 0.467. The van der Waals surface area contributed by atoms with E-state index in [1.165, 1.54) is 12.1 Å². The van der Waals surface area contributed by atoms with Gasteiger partial charge >= 0.3 is 6.18 Å². The van der Waals surface area contributed by atoms with E-state index in [1.54, 1.807) is 11.9 Å². The number of benzene rings is 1. The lowest BCUT2D eigenvalue weighted by Gasteiger charge is -2.20. The third kappa shape index (κ3) is 4.18. The van der Waals surface area contributed by atoms with E-state index in [0.717, 1.165) is 12.1 Å². The molecule has 0 amide bonds. The second-order valence-electron chi connectivity index (χ2n) is 6.06. The van der Waals surface area contributed by atoms with Crippen molar-refractivity contribution in [3.63, 3.8) is 0 Å². The Morgan fingerprint density at radius 1 is 1.36 bits per heavy atom. The minimum atomic E-state index is -4.45. The van der Waals surface area contributed by atoms with E-state index in [4.69, 9.17) is 4.52 Å². The van der Waals surface area contributed by atoms with Crippen LogP contribution in [0, 0.1) is 0 Å². The normalized spacial score (nSPS) is 20.3. The minimum Gasteiger partial charge on any atom is -0.338 e. The van der Waals surface area contributed by atoms with Crippen molar-refractivity contribution in [3.8, 4) is 11.4 Å². The number of hydrogen-bond acceptors (Lipinski definition) is 6. The standard InChI is InChI=1S/C15H16F3N3O3S/c1-21(12-5-6-25(22,23)9-12)8-13-19-14(20-24-13)10-3-2-4-11(7-10)15(16,17)18/h2-4,7,12H,5-6,8-9H2,1H3/t12-/m1/s1. The zero-order valence-electron chi connectivity index (χ0n) is 13.3. The highest BCUT2D eigenvalue weighted by Gasteiger charge is 2.32. The zero-order valence-corrected chi connectivity index (χ0v) is 14.1. The van der Waals surface area contributed by atoms with Gasteiger partial charge in [-0.3, -0.25) is 4.90 Å². The van der Waals surface area contributed by atoms with Crippen LogP contribution in [0.4, 0.5) is 13.2 Å². The van der Waals surface area contributed by atoms with Crippen LogP contribution in [0.1, 0.15) is 17.9 Å². The van der Waals surface area contributed by atoms with Crippen LogP contribution in [0.2, 0.25) is 0 Å². The molecule has 1 aromatic heterocycles. The largest absolute Gasteiger partial charge is 0.416 e. The van der Waals surface area contributed by atoms with Crippen molar-refractivity contribution in [2.75, 3.05) is 18.6 Å².